The van der Waals surface area contributed by atoms with Crippen molar-refractivity contribution in [3.05, 3.63) is 52.0 Å². The Balaban J connectivity index is 1.83. The summed E-state index contributed by atoms with van der Waals surface area (Å²) in [7, 11) is 0. The summed E-state index contributed by atoms with van der Waals surface area (Å²) in [6.07, 6.45) is -0.640. The molecular formula is C17H17ClF3N3O2. The van der Waals surface area contributed by atoms with Gasteiger partial charge in [0.25, 0.3) is 5.91 Å². The first-order chi connectivity index (χ1) is 12.2. The summed E-state index contributed by atoms with van der Waals surface area (Å²) in [6, 6.07) is 1.10. The minimum atomic E-state index is -4.44. The normalized spacial score (nSPS) is 21.1. The molecule has 0 aliphatic carbocycles. The maximum absolute atomic E-state index is 12.7. The van der Waals surface area contributed by atoms with Gasteiger partial charge in [0.1, 0.15) is 11.8 Å². The molecule has 1 aromatic heterocycles. The zero-order valence-electron chi connectivity index (χ0n) is 14.1. The molecule has 0 saturated carbocycles. The molecule has 2 unspecified atom stereocenters. The summed E-state index contributed by atoms with van der Waals surface area (Å²) in [4.78, 5) is 18.2. The number of ether oxygens (including phenoxy) is 1. The fourth-order valence-corrected chi connectivity index (χ4v) is 3.27. The number of halogens is 4. The molecule has 5 nitrogen and oxygen atoms in total. The molecule has 0 bridgehead atoms. The Kier molecular flexibility index (Phi) is 4.98. The van der Waals surface area contributed by atoms with Crippen LogP contribution in [0.1, 0.15) is 29.8 Å². The van der Waals surface area contributed by atoms with Crippen molar-refractivity contribution in [2.24, 2.45) is 0 Å². The van der Waals surface area contributed by atoms with Crippen LogP contribution in [0.15, 0.2) is 35.7 Å². The van der Waals surface area contributed by atoms with E-state index in [9.17, 15) is 18.0 Å². The van der Waals surface area contributed by atoms with E-state index in [2.05, 4.69) is 10.3 Å². The van der Waals surface area contributed by atoms with Crippen molar-refractivity contribution in [1.82, 2.24) is 15.2 Å². The number of hydrogen-bond acceptors (Lipinski definition) is 4. The summed E-state index contributed by atoms with van der Waals surface area (Å²) < 4.78 is 42.6. The van der Waals surface area contributed by atoms with E-state index < -0.39 is 25.1 Å². The second-order valence-corrected chi connectivity index (χ2v) is 6.60. The van der Waals surface area contributed by atoms with E-state index in [0.717, 1.165) is 5.57 Å². The Labute approximate surface area is 153 Å². The molecular weight excluding hydrogens is 371 g/mol. The van der Waals surface area contributed by atoms with E-state index in [-0.39, 0.29) is 17.6 Å². The Bertz CT molecular complexity index is 792. The third-order valence-corrected chi connectivity index (χ3v) is 4.67. The monoisotopic (exact) mass is 387 g/mol. The number of amides is 1. The summed E-state index contributed by atoms with van der Waals surface area (Å²) in [5.74, 6) is -0.237. The average molecular weight is 388 g/mol. The Hall–Kier alpha value is -2.06. The highest BCUT2D eigenvalue weighted by Crippen LogP contribution is 2.32. The maximum Gasteiger partial charge on any atom is 0.411 e. The number of alkyl halides is 3. The van der Waals surface area contributed by atoms with Crippen LogP contribution >= 0.6 is 11.6 Å². The van der Waals surface area contributed by atoms with Gasteiger partial charge in [-0.25, -0.2) is 4.98 Å². The minimum Gasteiger partial charge on any atom is -0.362 e. The van der Waals surface area contributed by atoms with E-state index in [1.54, 1.807) is 37.1 Å². The fourth-order valence-electron chi connectivity index (χ4n) is 3.05. The standard InChI is InChI=1S/C17H17ClF3N3O2/c1-9-5-12(15(23-6-9)26-8-17(19,20)21)10(2)24-7-13-11(16(24)25)3-4-22-14(13)18/h3-6,10,15,23H,7-8H2,1-2H3. The number of rotatable bonds is 4. The first kappa shape index (κ1) is 18.7. The van der Waals surface area contributed by atoms with Gasteiger partial charge >= 0.3 is 6.18 Å². The number of aromatic nitrogens is 1. The van der Waals surface area contributed by atoms with Crippen LogP contribution in [-0.4, -0.2) is 40.8 Å². The quantitative estimate of drug-likeness (QED) is 0.804. The van der Waals surface area contributed by atoms with Gasteiger partial charge in [-0.2, -0.15) is 13.2 Å². The van der Waals surface area contributed by atoms with E-state index >= 15 is 0 Å². The van der Waals surface area contributed by atoms with Gasteiger partial charge in [0.15, 0.2) is 6.23 Å². The predicted molar refractivity (Wildman–Crippen MR) is 89.4 cm³/mol. The number of carbonyl (C=O) groups excluding carboxylic acids is 1. The molecule has 1 amide bonds. The highest BCUT2D eigenvalue weighted by Gasteiger charge is 2.37. The number of hydrogen-bond donors (Lipinski definition) is 1. The summed E-state index contributed by atoms with van der Waals surface area (Å²) in [6.45, 7) is 2.42. The lowest BCUT2D eigenvalue weighted by Gasteiger charge is -2.33. The molecule has 0 radical (unpaired) electrons. The smallest absolute Gasteiger partial charge is 0.362 e. The molecule has 0 spiro atoms. The number of dihydropyridines is 1. The Morgan fingerprint density at radius 3 is 2.88 bits per heavy atom. The van der Waals surface area contributed by atoms with Crippen LogP contribution < -0.4 is 5.32 Å². The van der Waals surface area contributed by atoms with E-state index in [4.69, 9.17) is 16.3 Å². The minimum absolute atomic E-state index is 0.237. The van der Waals surface area contributed by atoms with Gasteiger partial charge in [0, 0.05) is 29.1 Å². The second-order valence-electron chi connectivity index (χ2n) is 6.24. The SMILES string of the molecule is CC1=CNC(OCC(F)(F)F)C(C(C)N2Cc3c(ccnc3Cl)C2=O)=C1. The third kappa shape index (κ3) is 3.71. The largest absolute Gasteiger partial charge is 0.411 e. The van der Waals surface area contributed by atoms with Crippen LogP contribution in [0.2, 0.25) is 5.15 Å². The van der Waals surface area contributed by atoms with Crippen LogP contribution in [-0.2, 0) is 11.3 Å². The van der Waals surface area contributed by atoms with Crippen molar-refractivity contribution in [2.75, 3.05) is 6.61 Å². The highest BCUT2D eigenvalue weighted by atomic mass is 35.5. The molecule has 140 valence electrons. The lowest BCUT2D eigenvalue weighted by molar-refractivity contribution is -0.184. The van der Waals surface area contributed by atoms with Gasteiger partial charge in [-0.05, 0) is 25.5 Å². The van der Waals surface area contributed by atoms with Crippen LogP contribution in [0.3, 0.4) is 0 Å². The number of allylic oxidation sites excluding steroid dienone is 2. The van der Waals surface area contributed by atoms with Crippen molar-refractivity contribution in [3.8, 4) is 0 Å². The molecule has 2 aliphatic heterocycles. The molecule has 26 heavy (non-hydrogen) atoms. The van der Waals surface area contributed by atoms with Crippen molar-refractivity contribution in [2.45, 2.75) is 38.8 Å². The summed E-state index contributed by atoms with van der Waals surface area (Å²) >= 11 is 6.07. The van der Waals surface area contributed by atoms with Crippen LogP contribution in [0.25, 0.3) is 0 Å². The van der Waals surface area contributed by atoms with Crippen molar-refractivity contribution < 1.29 is 22.7 Å². The summed E-state index contributed by atoms with van der Waals surface area (Å²) in [5, 5.41) is 3.07. The molecule has 3 rings (SSSR count). The molecule has 2 atom stereocenters. The van der Waals surface area contributed by atoms with Crippen molar-refractivity contribution in [1.29, 1.82) is 0 Å². The van der Waals surface area contributed by atoms with E-state index in [1.807, 2.05) is 0 Å². The molecule has 1 aromatic rings. The Morgan fingerprint density at radius 2 is 2.23 bits per heavy atom. The average Bonchev–Trinajstić information content (AvgIpc) is 2.91. The lowest BCUT2D eigenvalue weighted by atomic mass is 10.0. The van der Waals surface area contributed by atoms with Gasteiger partial charge in [0.05, 0.1) is 12.6 Å². The van der Waals surface area contributed by atoms with Crippen molar-refractivity contribution >= 4 is 17.5 Å². The van der Waals surface area contributed by atoms with E-state index in [0.29, 0.717) is 16.7 Å². The zero-order valence-corrected chi connectivity index (χ0v) is 14.9. The zero-order chi connectivity index (χ0) is 19.1. The lowest BCUT2D eigenvalue weighted by Crippen LogP contribution is -2.44. The molecule has 0 saturated heterocycles. The molecule has 0 aromatic carbocycles. The van der Waals surface area contributed by atoms with Gasteiger partial charge in [-0.3, -0.25) is 4.79 Å². The van der Waals surface area contributed by atoms with Gasteiger partial charge < -0.3 is 15.0 Å². The Morgan fingerprint density at radius 1 is 1.50 bits per heavy atom. The highest BCUT2D eigenvalue weighted by molar-refractivity contribution is 6.30. The van der Waals surface area contributed by atoms with Crippen LogP contribution in [0, 0.1) is 0 Å². The summed E-state index contributed by atoms with van der Waals surface area (Å²) in [5.41, 5.74) is 2.44. The van der Waals surface area contributed by atoms with Gasteiger partial charge in [-0.15, -0.1) is 0 Å². The number of carbonyl (C=O) groups is 1. The molecule has 1 N–H and O–H groups in total. The topological polar surface area (TPSA) is 54.5 Å². The van der Waals surface area contributed by atoms with E-state index in [1.165, 1.54) is 6.20 Å². The molecule has 9 heteroatoms. The first-order valence-corrected chi connectivity index (χ1v) is 8.32. The molecule has 3 heterocycles. The van der Waals surface area contributed by atoms with Crippen LogP contribution in [0.4, 0.5) is 13.2 Å². The van der Waals surface area contributed by atoms with Crippen molar-refractivity contribution in [3.63, 3.8) is 0 Å². The molecule has 2 aliphatic rings. The molecule has 0 fully saturated rings. The number of fused-ring (bicyclic) bond motifs is 1. The van der Waals surface area contributed by atoms with Gasteiger partial charge in [-0.1, -0.05) is 17.7 Å². The van der Waals surface area contributed by atoms with Crippen LogP contribution in [0.5, 0.6) is 0 Å². The number of nitrogens with one attached hydrogen (secondary N) is 1. The number of pyridine rings is 1. The number of nitrogens with zero attached hydrogens (tertiary/aromatic N) is 2. The maximum atomic E-state index is 12.7. The third-order valence-electron chi connectivity index (χ3n) is 4.35. The second kappa shape index (κ2) is 6.92. The van der Waals surface area contributed by atoms with Gasteiger partial charge in [0.2, 0.25) is 0 Å². The predicted octanol–water partition coefficient (Wildman–Crippen LogP) is 3.42. The first-order valence-electron chi connectivity index (χ1n) is 7.94. The fraction of sp³-hybridized carbons (Fsp3) is 0.412.